The molecule has 4 aromatic rings. The second-order valence-corrected chi connectivity index (χ2v) is 7.39. The van der Waals surface area contributed by atoms with Gasteiger partial charge in [-0.15, -0.1) is 0 Å². The van der Waals surface area contributed by atoms with E-state index in [0.717, 1.165) is 42.3 Å². The van der Waals surface area contributed by atoms with Gasteiger partial charge in [-0.25, -0.2) is 0 Å². The molecule has 1 atom stereocenters. The molecule has 0 aliphatic carbocycles. The van der Waals surface area contributed by atoms with Gasteiger partial charge in [0.25, 0.3) is 0 Å². The van der Waals surface area contributed by atoms with E-state index in [9.17, 15) is 0 Å². The Morgan fingerprint density at radius 2 is 1.72 bits per heavy atom. The fourth-order valence-corrected chi connectivity index (χ4v) is 3.71. The average Bonchev–Trinajstić information content (AvgIpc) is 2.79. The van der Waals surface area contributed by atoms with E-state index in [1.807, 2.05) is 55.2 Å². The van der Waals surface area contributed by atoms with Gasteiger partial charge in [-0.3, -0.25) is 15.0 Å². The molecular weight excluding hydrogens is 358 g/mol. The molecule has 0 radical (unpaired) electrons. The maximum atomic E-state index is 6.72. The molecule has 0 bridgehead atoms. The van der Waals surface area contributed by atoms with Gasteiger partial charge in [0, 0.05) is 42.8 Å². The molecule has 4 nitrogen and oxygen atoms in total. The van der Waals surface area contributed by atoms with Gasteiger partial charge in [0.2, 0.25) is 0 Å². The minimum Gasteiger partial charge on any atom is -0.487 e. The predicted octanol–water partition coefficient (Wildman–Crippen LogP) is 5.43. The van der Waals surface area contributed by atoms with Crippen LogP contribution in [0.15, 0.2) is 85.6 Å². The fraction of sp³-hybridized carbons (Fsp3) is 0.240. The number of aromatic nitrogens is 3. The first-order valence-electron chi connectivity index (χ1n) is 10.1. The number of hydrogen-bond acceptors (Lipinski definition) is 4. The summed E-state index contributed by atoms with van der Waals surface area (Å²) in [5.41, 5.74) is 3.13. The molecule has 29 heavy (non-hydrogen) atoms. The van der Waals surface area contributed by atoms with Crippen molar-refractivity contribution >= 4 is 10.9 Å². The highest BCUT2D eigenvalue weighted by Crippen LogP contribution is 2.31. The van der Waals surface area contributed by atoms with Crippen molar-refractivity contribution in [1.82, 2.24) is 15.0 Å². The molecule has 4 rings (SSSR count). The summed E-state index contributed by atoms with van der Waals surface area (Å²) in [4.78, 5) is 12.8. The molecule has 0 aliphatic rings. The molecule has 0 amide bonds. The van der Waals surface area contributed by atoms with Crippen LogP contribution in [-0.2, 0) is 12.8 Å². The SMILES string of the molecule is CCC(CCc1cccnc1)(Cc1ccncc1)Oc1ccc2ncccc2c1. The maximum Gasteiger partial charge on any atom is 0.120 e. The Kier molecular flexibility index (Phi) is 5.80. The summed E-state index contributed by atoms with van der Waals surface area (Å²) in [5.74, 6) is 0.882. The lowest BCUT2D eigenvalue weighted by Crippen LogP contribution is -2.38. The average molecular weight is 383 g/mol. The van der Waals surface area contributed by atoms with Crippen LogP contribution in [0, 0.1) is 0 Å². The fourth-order valence-electron chi connectivity index (χ4n) is 3.71. The lowest BCUT2D eigenvalue weighted by Gasteiger charge is -2.34. The Labute approximate surface area is 171 Å². The van der Waals surface area contributed by atoms with Gasteiger partial charge in [0.05, 0.1) is 5.52 Å². The zero-order valence-corrected chi connectivity index (χ0v) is 16.7. The van der Waals surface area contributed by atoms with Crippen molar-refractivity contribution in [3.63, 3.8) is 0 Å². The van der Waals surface area contributed by atoms with Crippen molar-refractivity contribution in [2.75, 3.05) is 0 Å². The van der Waals surface area contributed by atoms with E-state index in [1.165, 1.54) is 11.1 Å². The summed E-state index contributed by atoms with van der Waals surface area (Å²) in [5, 5.41) is 1.09. The molecule has 0 fully saturated rings. The van der Waals surface area contributed by atoms with E-state index in [0.29, 0.717) is 0 Å². The molecule has 0 spiro atoms. The molecule has 1 aromatic carbocycles. The van der Waals surface area contributed by atoms with Crippen molar-refractivity contribution in [3.8, 4) is 5.75 Å². The molecule has 146 valence electrons. The van der Waals surface area contributed by atoms with Crippen LogP contribution in [0.5, 0.6) is 5.75 Å². The first-order valence-corrected chi connectivity index (χ1v) is 10.1. The largest absolute Gasteiger partial charge is 0.487 e. The topological polar surface area (TPSA) is 47.9 Å². The molecule has 0 aliphatic heterocycles. The van der Waals surface area contributed by atoms with Crippen molar-refractivity contribution in [3.05, 3.63) is 96.7 Å². The molecule has 4 heteroatoms. The third-order valence-electron chi connectivity index (χ3n) is 5.42. The van der Waals surface area contributed by atoms with E-state index < -0.39 is 0 Å². The molecule has 3 heterocycles. The van der Waals surface area contributed by atoms with Crippen molar-refractivity contribution in [2.24, 2.45) is 0 Å². The number of aryl methyl sites for hydroxylation is 1. The Hall–Kier alpha value is -3.27. The minimum atomic E-state index is -0.312. The van der Waals surface area contributed by atoms with Crippen LogP contribution in [0.2, 0.25) is 0 Å². The first-order chi connectivity index (χ1) is 14.3. The summed E-state index contributed by atoms with van der Waals surface area (Å²) in [6, 6.07) is 18.4. The minimum absolute atomic E-state index is 0.312. The molecule has 0 saturated heterocycles. The quantitative estimate of drug-likeness (QED) is 0.407. The summed E-state index contributed by atoms with van der Waals surface area (Å²) in [7, 11) is 0. The summed E-state index contributed by atoms with van der Waals surface area (Å²) in [6.07, 6.45) is 12.8. The highest BCUT2D eigenvalue weighted by Gasteiger charge is 2.31. The second-order valence-electron chi connectivity index (χ2n) is 7.39. The van der Waals surface area contributed by atoms with Gasteiger partial charge in [-0.2, -0.15) is 0 Å². The number of nitrogens with zero attached hydrogens (tertiary/aromatic N) is 3. The lowest BCUT2D eigenvalue weighted by atomic mass is 9.86. The van der Waals surface area contributed by atoms with E-state index in [1.54, 1.807) is 0 Å². The van der Waals surface area contributed by atoms with E-state index in [-0.39, 0.29) is 5.60 Å². The molecular formula is C25H25N3O. The number of benzene rings is 1. The molecule has 0 N–H and O–H groups in total. The van der Waals surface area contributed by atoms with Crippen LogP contribution in [0.1, 0.15) is 30.9 Å². The van der Waals surface area contributed by atoms with Gasteiger partial charge in [0.15, 0.2) is 0 Å². The standard InChI is InChI=1S/C25H25N3O/c1-2-25(18-20-10-15-26-16-11-20,12-9-21-5-3-13-27-19-21)29-23-7-8-24-22(17-23)6-4-14-28-24/h3-8,10-11,13-17,19H,2,9,12,18H2,1H3. The zero-order valence-electron chi connectivity index (χ0n) is 16.7. The molecule has 3 aromatic heterocycles. The lowest BCUT2D eigenvalue weighted by molar-refractivity contribution is 0.0557. The van der Waals surface area contributed by atoms with Gasteiger partial charge >= 0.3 is 0 Å². The third-order valence-corrected chi connectivity index (χ3v) is 5.42. The summed E-state index contributed by atoms with van der Waals surface area (Å²) >= 11 is 0. The second kappa shape index (κ2) is 8.82. The number of ether oxygens (including phenoxy) is 1. The predicted molar refractivity (Wildman–Crippen MR) is 116 cm³/mol. The number of hydrogen-bond donors (Lipinski definition) is 0. The van der Waals surface area contributed by atoms with Crippen molar-refractivity contribution in [1.29, 1.82) is 0 Å². The van der Waals surface area contributed by atoms with Crippen molar-refractivity contribution < 1.29 is 4.74 Å². The van der Waals surface area contributed by atoms with E-state index in [2.05, 4.69) is 52.2 Å². The van der Waals surface area contributed by atoms with Crippen LogP contribution in [-0.4, -0.2) is 20.6 Å². The van der Waals surface area contributed by atoms with Crippen LogP contribution >= 0.6 is 0 Å². The van der Waals surface area contributed by atoms with E-state index >= 15 is 0 Å². The molecule has 0 saturated carbocycles. The summed E-state index contributed by atoms with van der Waals surface area (Å²) < 4.78 is 6.72. The summed E-state index contributed by atoms with van der Waals surface area (Å²) in [6.45, 7) is 2.20. The van der Waals surface area contributed by atoms with Crippen LogP contribution in [0.3, 0.4) is 0 Å². The Morgan fingerprint density at radius 3 is 2.52 bits per heavy atom. The van der Waals surface area contributed by atoms with Crippen LogP contribution in [0.25, 0.3) is 10.9 Å². The van der Waals surface area contributed by atoms with Gasteiger partial charge in [-0.05, 0) is 72.9 Å². The molecule has 1 unspecified atom stereocenters. The smallest absolute Gasteiger partial charge is 0.120 e. The highest BCUT2D eigenvalue weighted by molar-refractivity contribution is 5.79. The maximum absolute atomic E-state index is 6.72. The Balaban J connectivity index is 1.63. The number of fused-ring (bicyclic) bond motifs is 1. The van der Waals surface area contributed by atoms with Crippen LogP contribution < -0.4 is 4.74 Å². The Bertz CT molecular complexity index is 1050. The van der Waals surface area contributed by atoms with Crippen LogP contribution in [0.4, 0.5) is 0 Å². The normalized spacial score (nSPS) is 13.1. The number of rotatable bonds is 8. The van der Waals surface area contributed by atoms with Gasteiger partial charge in [0.1, 0.15) is 11.4 Å². The first kappa shape index (κ1) is 19.1. The van der Waals surface area contributed by atoms with Gasteiger partial charge < -0.3 is 4.74 Å². The highest BCUT2D eigenvalue weighted by atomic mass is 16.5. The van der Waals surface area contributed by atoms with E-state index in [4.69, 9.17) is 4.74 Å². The van der Waals surface area contributed by atoms with Crippen molar-refractivity contribution in [2.45, 2.75) is 38.2 Å². The Morgan fingerprint density at radius 1 is 0.862 bits per heavy atom. The third kappa shape index (κ3) is 4.77. The van der Waals surface area contributed by atoms with Gasteiger partial charge in [-0.1, -0.05) is 19.1 Å². The monoisotopic (exact) mass is 383 g/mol. The zero-order chi connectivity index (χ0) is 19.9. The number of pyridine rings is 3.